The highest BCUT2D eigenvalue weighted by atomic mass is 19.3. The first kappa shape index (κ1) is 29.1. The molecular weight excluding hydrogens is 557 g/mol. The van der Waals surface area contributed by atoms with Crippen LogP contribution in [0.2, 0.25) is 0 Å². The van der Waals surface area contributed by atoms with Gasteiger partial charge >= 0.3 is 0 Å². The van der Waals surface area contributed by atoms with Crippen molar-refractivity contribution in [2.45, 2.75) is 31.7 Å². The highest BCUT2D eigenvalue weighted by Crippen LogP contribution is 2.53. The third-order valence-corrected chi connectivity index (χ3v) is 7.60. The third-order valence-electron chi connectivity index (χ3n) is 7.60. The van der Waals surface area contributed by atoms with E-state index in [2.05, 4.69) is 10.3 Å². The first-order chi connectivity index (χ1) is 20.0. The second-order valence-electron chi connectivity index (χ2n) is 10.5. The van der Waals surface area contributed by atoms with Crippen LogP contribution >= 0.6 is 0 Å². The van der Waals surface area contributed by atoms with E-state index in [0.717, 1.165) is 30.7 Å². The SMILES string of the molecule is N=C(C1=C([NH2+]CC(=O)N[C@@H](Cc2cc(F)cc(F)c2)c2ncccc2-c2ccc(F)c(C(N)=O)c2)C2CC2C1)C(F)F. The zero-order valence-corrected chi connectivity index (χ0v) is 22.1. The summed E-state index contributed by atoms with van der Waals surface area (Å²) in [7, 11) is 0. The van der Waals surface area contributed by atoms with Crippen molar-refractivity contribution in [2.24, 2.45) is 17.6 Å². The van der Waals surface area contributed by atoms with Crippen LogP contribution in [-0.2, 0) is 11.2 Å². The molecule has 7 nitrogen and oxygen atoms in total. The highest BCUT2D eigenvalue weighted by Gasteiger charge is 2.51. The summed E-state index contributed by atoms with van der Waals surface area (Å²) in [4.78, 5) is 29.4. The number of carbonyl (C=O) groups excluding carboxylic acids is 2. The molecule has 6 N–H and O–H groups in total. The van der Waals surface area contributed by atoms with Crippen molar-refractivity contribution in [3.8, 4) is 11.1 Å². The highest BCUT2D eigenvalue weighted by molar-refractivity contribution is 6.01. The van der Waals surface area contributed by atoms with Crippen molar-refractivity contribution in [1.29, 1.82) is 5.41 Å². The summed E-state index contributed by atoms with van der Waals surface area (Å²) >= 11 is 0. The predicted octanol–water partition coefficient (Wildman–Crippen LogP) is 3.81. The number of alkyl halides is 2. The molecule has 2 aliphatic carbocycles. The maximum absolute atomic E-state index is 14.2. The molecule has 2 aliphatic rings. The number of carbonyl (C=O) groups is 2. The number of fused-ring (bicyclic) bond motifs is 1. The monoisotopic (exact) mass is 584 g/mol. The van der Waals surface area contributed by atoms with Gasteiger partial charge in [0.25, 0.3) is 18.2 Å². The topological polar surface area (TPSA) is 126 Å². The number of primary amides is 1. The van der Waals surface area contributed by atoms with E-state index in [-0.39, 0.29) is 47.2 Å². The molecule has 0 saturated heterocycles. The number of hydrogen-bond donors (Lipinski definition) is 4. The number of quaternary nitrogens is 1. The van der Waals surface area contributed by atoms with Crippen LogP contribution in [0, 0.1) is 34.7 Å². The summed E-state index contributed by atoms with van der Waals surface area (Å²) in [5, 5.41) is 12.2. The average Bonchev–Trinajstić information content (AvgIpc) is 3.61. The lowest BCUT2D eigenvalue weighted by Gasteiger charge is -2.21. The van der Waals surface area contributed by atoms with Gasteiger partial charge in [-0.15, -0.1) is 0 Å². The third kappa shape index (κ3) is 6.23. The second kappa shape index (κ2) is 11.8. The van der Waals surface area contributed by atoms with Gasteiger partial charge in [-0.3, -0.25) is 20.0 Å². The fourth-order valence-corrected chi connectivity index (χ4v) is 5.59. The summed E-state index contributed by atoms with van der Waals surface area (Å²) in [6.45, 7) is -0.183. The lowest BCUT2D eigenvalue weighted by Crippen LogP contribution is -2.85. The first-order valence-electron chi connectivity index (χ1n) is 13.2. The smallest absolute Gasteiger partial charge is 0.280 e. The summed E-state index contributed by atoms with van der Waals surface area (Å²) in [5.41, 5.74) is 6.39. The van der Waals surface area contributed by atoms with Gasteiger partial charge in [0.1, 0.15) is 28.9 Å². The molecule has 42 heavy (non-hydrogen) atoms. The molecule has 2 aromatic carbocycles. The molecule has 3 atom stereocenters. The van der Waals surface area contributed by atoms with Crippen LogP contribution in [0.1, 0.15) is 40.5 Å². The Morgan fingerprint density at radius 2 is 1.83 bits per heavy atom. The van der Waals surface area contributed by atoms with Crippen LogP contribution in [0.5, 0.6) is 0 Å². The van der Waals surface area contributed by atoms with Gasteiger partial charge in [0, 0.05) is 29.3 Å². The number of aromatic nitrogens is 1. The van der Waals surface area contributed by atoms with Gasteiger partial charge in [-0.1, -0.05) is 12.1 Å². The van der Waals surface area contributed by atoms with E-state index in [1.165, 1.54) is 18.3 Å². The number of hydrogen-bond acceptors (Lipinski definition) is 4. The number of nitrogens with one attached hydrogen (secondary N) is 2. The Bertz CT molecular complexity index is 1590. The average molecular weight is 585 g/mol. The molecule has 0 radical (unpaired) electrons. The van der Waals surface area contributed by atoms with Crippen LogP contribution in [0.4, 0.5) is 22.0 Å². The van der Waals surface area contributed by atoms with Crippen LogP contribution in [-0.4, -0.2) is 35.5 Å². The molecule has 0 aliphatic heterocycles. The molecular formula is C30H27F5N5O2+. The summed E-state index contributed by atoms with van der Waals surface area (Å²) in [6.07, 6.45) is -0.327. The summed E-state index contributed by atoms with van der Waals surface area (Å²) in [6, 6.07) is 9.01. The van der Waals surface area contributed by atoms with Gasteiger partial charge in [-0.05, 0) is 66.6 Å². The van der Waals surface area contributed by atoms with E-state index in [0.29, 0.717) is 23.2 Å². The van der Waals surface area contributed by atoms with Crippen LogP contribution < -0.4 is 16.4 Å². The zero-order chi connectivity index (χ0) is 30.1. The number of rotatable bonds is 11. The van der Waals surface area contributed by atoms with E-state index in [1.54, 1.807) is 17.4 Å². The van der Waals surface area contributed by atoms with E-state index in [9.17, 15) is 31.5 Å². The fourth-order valence-electron chi connectivity index (χ4n) is 5.59. The normalized spacial score (nSPS) is 18.1. The van der Waals surface area contributed by atoms with Gasteiger partial charge in [0.15, 0.2) is 6.54 Å². The Hall–Kier alpha value is -4.45. The molecule has 1 saturated carbocycles. The van der Waals surface area contributed by atoms with E-state index < -0.39 is 47.4 Å². The Morgan fingerprint density at radius 1 is 1.10 bits per heavy atom. The van der Waals surface area contributed by atoms with E-state index >= 15 is 0 Å². The Morgan fingerprint density at radius 3 is 2.52 bits per heavy atom. The minimum Gasteiger partial charge on any atom is -0.366 e. The molecule has 5 rings (SSSR count). The van der Waals surface area contributed by atoms with Crippen LogP contribution in [0.25, 0.3) is 11.1 Å². The van der Waals surface area contributed by atoms with Gasteiger partial charge in [0.2, 0.25) is 0 Å². The molecule has 2 unspecified atom stereocenters. The van der Waals surface area contributed by atoms with Crippen molar-refractivity contribution < 1.29 is 36.9 Å². The minimum absolute atomic E-state index is 0.0540. The van der Waals surface area contributed by atoms with Gasteiger partial charge in [-0.2, -0.15) is 0 Å². The minimum atomic E-state index is -2.91. The van der Waals surface area contributed by atoms with E-state index in [1.807, 2.05) is 0 Å². The number of nitrogens with two attached hydrogens (primary N) is 2. The summed E-state index contributed by atoms with van der Waals surface area (Å²) < 4.78 is 68.7. The van der Waals surface area contributed by atoms with Crippen LogP contribution in [0.15, 0.2) is 66.0 Å². The van der Waals surface area contributed by atoms with Crippen molar-refractivity contribution in [2.75, 3.05) is 6.54 Å². The molecule has 218 valence electrons. The van der Waals surface area contributed by atoms with Gasteiger partial charge in [0.05, 0.1) is 17.3 Å². The largest absolute Gasteiger partial charge is 0.366 e. The van der Waals surface area contributed by atoms with Crippen molar-refractivity contribution >= 4 is 17.5 Å². The Balaban J connectivity index is 1.45. The molecule has 0 bridgehead atoms. The second-order valence-corrected chi connectivity index (χ2v) is 10.5. The Labute approximate surface area is 237 Å². The standard InChI is InChI=1S/C30H26F5N5O2/c31-17-6-14(7-18(32)12-17)8-24(28-19(2-1-5-38-28)15-3-4-23(33)21(9-15)30(37)42)40-25(41)13-39-27-20-10-16(20)11-22(27)26(36)29(34)35/h1-7,9,12,16,20,24,29,36,39H,8,10-11,13H2,(H2,37,42)(H,40,41)/p+1/t16?,20?,24-/m0/s1. The summed E-state index contributed by atoms with van der Waals surface area (Å²) in [5.74, 6) is -3.66. The lowest BCUT2D eigenvalue weighted by molar-refractivity contribution is -0.599. The molecule has 1 fully saturated rings. The molecule has 3 aromatic rings. The maximum atomic E-state index is 14.2. The van der Waals surface area contributed by atoms with Crippen molar-refractivity contribution in [1.82, 2.24) is 10.3 Å². The number of amides is 2. The molecule has 1 heterocycles. The number of pyridine rings is 1. The molecule has 12 heteroatoms. The molecule has 2 amide bonds. The number of nitrogens with zero attached hydrogens (tertiary/aromatic N) is 1. The predicted molar refractivity (Wildman–Crippen MR) is 143 cm³/mol. The van der Waals surface area contributed by atoms with Crippen LogP contribution in [0.3, 0.4) is 0 Å². The van der Waals surface area contributed by atoms with Gasteiger partial charge in [-0.25, -0.2) is 22.0 Å². The number of allylic oxidation sites excluding steroid dienone is 2. The van der Waals surface area contributed by atoms with Crippen molar-refractivity contribution in [3.05, 3.63) is 100 Å². The van der Waals surface area contributed by atoms with Gasteiger partial charge < -0.3 is 16.4 Å². The lowest BCUT2D eigenvalue weighted by atomic mass is 9.94. The van der Waals surface area contributed by atoms with Crippen molar-refractivity contribution in [3.63, 3.8) is 0 Å². The number of benzene rings is 2. The molecule has 0 spiro atoms. The van der Waals surface area contributed by atoms with E-state index in [4.69, 9.17) is 11.1 Å². The maximum Gasteiger partial charge on any atom is 0.280 e. The number of halogens is 5. The Kier molecular flexibility index (Phi) is 8.17. The quantitative estimate of drug-likeness (QED) is 0.202. The first-order valence-corrected chi connectivity index (χ1v) is 13.2. The molecule has 1 aromatic heterocycles. The zero-order valence-electron chi connectivity index (χ0n) is 22.1. The fraction of sp³-hybridized carbons (Fsp3) is 0.267.